The number of hydrogen-bond acceptors (Lipinski definition) is 3. The summed E-state index contributed by atoms with van der Waals surface area (Å²) in [7, 11) is 1.92. The number of rotatable bonds is 3. The Morgan fingerprint density at radius 3 is 2.74 bits per heavy atom. The van der Waals surface area contributed by atoms with Crippen molar-refractivity contribution in [3.05, 3.63) is 40.2 Å². The minimum Gasteiger partial charge on any atom is -0.348 e. The van der Waals surface area contributed by atoms with E-state index in [0.29, 0.717) is 16.9 Å². The second kappa shape index (κ2) is 7.28. The van der Waals surface area contributed by atoms with E-state index < -0.39 is 0 Å². The molecule has 1 saturated carbocycles. The summed E-state index contributed by atoms with van der Waals surface area (Å²) in [6.45, 7) is 4.54. The Kier molecular flexibility index (Phi) is 4.99. The highest BCUT2D eigenvalue weighted by Crippen LogP contribution is 2.35. The number of nitrogens with zero attached hydrogens (tertiary/aromatic N) is 2. The number of carbonyl (C=O) groups excluding carboxylic acids is 1. The van der Waals surface area contributed by atoms with Crippen LogP contribution in [0.15, 0.2) is 30.3 Å². The molecule has 0 radical (unpaired) electrons. The van der Waals surface area contributed by atoms with E-state index in [0.717, 1.165) is 32.8 Å². The Hall–Kier alpha value is -1.85. The van der Waals surface area contributed by atoms with Crippen molar-refractivity contribution in [2.24, 2.45) is 18.9 Å². The fraction of sp³-hybridized carbons (Fsp3) is 0.429. The van der Waals surface area contributed by atoms with E-state index in [-0.39, 0.29) is 11.9 Å². The first-order chi connectivity index (χ1) is 12.9. The Bertz CT molecular complexity index is 975. The van der Waals surface area contributed by atoms with Gasteiger partial charge in [0.05, 0.1) is 4.88 Å². The molecule has 3 aromatic rings. The van der Waals surface area contributed by atoms with E-state index in [9.17, 15) is 4.79 Å². The van der Waals surface area contributed by atoms with Gasteiger partial charge in [0.1, 0.15) is 10.5 Å². The number of fused-ring (bicyclic) bond motifs is 1. The number of hydrogen-bond donors (Lipinski definition) is 1. The second-order valence-corrected chi connectivity index (χ2v) is 9.12. The first-order valence-electron chi connectivity index (χ1n) is 9.47. The minimum absolute atomic E-state index is 0.0317. The lowest BCUT2D eigenvalue weighted by Gasteiger charge is -2.34. The zero-order valence-corrected chi connectivity index (χ0v) is 17.4. The zero-order chi connectivity index (χ0) is 19.1. The Morgan fingerprint density at radius 2 is 2.00 bits per heavy atom. The van der Waals surface area contributed by atoms with Crippen LogP contribution in [0.5, 0.6) is 0 Å². The molecule has 1 aromatic carbocycles. The largest absolute Gasteiger partial charge is 0.348 e. The first kappa shape index (κ1) is 18.5. The normalized spacial score (nSPS) is 22.9. The number of benzene rings is 1. The zero-order valence-electron chi connectivity index (χ0n) is 15.8. The maximum absolute atomic E-state index is 12.9. The molecule has 1 amide bonds. The van der Waals surface area contributed by atoms with Crippen LogP contribution in [-0.4, -0.2) is 21.7 Å². The smallest absolute Gasteiger partial charge is 0.261 e. The molecular weight excluding hydrogens is 378 g/mol. The van der Waals surface area contributed by atoms with Crippen LogP contribution in [0.2, 0.25) is 5.02 Å². The van der Waals surface area contributed by atoms with E-state index in [1.165, 1.54) is 24.2 Å². The third-order valence-electron chi connectivity index (χ3n) is 5.88. The van der Waals surface area contributed by atoms with Gasteiger partial charge < -0.3 is 5.32 Å². The maximum Gasteiger partial charge on any atom is 0.261 e. The fourth-order valence-corrected chi connectivity index (χ4v) is 5.10. The standard InChI is InChI=1S/C21H24ClN3OS/c1-12-5-4-6-17(13(12)2)23-20(26)18-11-16-19(24-25(3)21(16)27-18)14-7-9-15(22)10-8-14/h7-13,17H,4-6H2,1-3H3,(H,23,26)/t12-,13+,17+/m1/s1. The maximum atomic E-state index is 12.9. The molecule has 0 bridgehead atoms. The summed E-state index contributed by atoms with van der Waals surface area (Å²) in [5.74, 6) is 1.21. The van der Waals surface area contributed by atoms with Crippen LogP contribution >= 0.6 is 22.9 Å². The van der Waals surface area contributed by atoms with Crippen LogP contribution in [0.3, 0.4) is 0 Å². The third-order valence-corrected chi connectivity index (χ3v) is 7.33. The molecule has 2 aromatic heterocycles. The molecule has 1 N–H and O–H groups in total. The van der Waals surface area contributed by atoms with Crippen LogP contribution in [-0.2, 0) is 7.05 Å². The molecule has 142 valence electrons. The molecule has 0 aliphatic heterocycles. The van der Waals surface area contributed by atoms with E-state index in [4.69, 9.17) is 11.6 Å². The summed E-state index contributed by atoms with van der Waals surface area (Å²) in [6, 6.07) is 9.90. The minimum atomic E-state index is 0.0317. The molecule has 2 heterocycles. The first-order valence-corrected chi connectivity index (χ1v) is 10.7. The van der Waals surface area contributed by atoms with E-state index in [1.54, 1.807) is 0 Å². The van der Waals surface area contributed by atoms with Gasteiger partial charge in [-0.2, -0.15) is 5.10 Å². The summed E-state index contributed by atoms with van der Waals surface area (Å²) in [5, 5.41) is 9.63. The Morgan fingerprint density at radius 1 is 1.26 bits per heavy atom. The summed E-state index contributed by atoms with van der Waals surface area (Å²) in [4.78, 5) is 14.6. The molecule has 0 saturated heterocycles. The van der Waals surface area contributed by atoms with Crippen LogP contribution in [0.1, 0.15) is 42.8 Å². The number of amides is 1. The molecule has 0 unspecified atom stereocenters. The molecule has 0 spiro atoms. The van der Waals surface area contributed by atoms with Crippen molar-refractivity contribution < 1.29 is 4.79 Å². The van der Waals surface area contributed by atoms with Crippen LogP contribution < -0.4 is 5.32 Å². The summed E-state index contributed by atoms with van der Waals surface area (Å²) in [6.07, 6.45) is 3.51. The average molecular weight is 402 g/mol. The molecule has 1 aliphatic carbocycles. The van der Waals surface area contributed by atoms with Gasteiger partial charge in [0.25, 0.3) is 5.91 Å². The van der Waals surface area contributed by atoms with Crippen molar-refractivity contribution >= 4 is 39.1 Å². The lowest BCUT2D eigenvalue weighted by atomic mass is 9.78. The number of aryl methyl sites for hydroxylation is 1. The molecule has 4 rings (SSSR count). The monoisotopic (exact) mass is 401 g/mol. The molecule has 1 fully saturated rings. The molecular formula is C21H24ClN3OS. The summed E-state index contributed by atoms with van der Waals surface area (Å²) in [5.41, 5.74) is 1.89. The molecule has 6 heteroatoms. The van der Waals surface area contributed by atoms with Gasteiger partial charge in [0.2, 0.25) is 0 Å². The lowest BCUT2D eigenvalue weighted by Crippen LogP contribution is -2.43. The van der Waals surface area contributed by atoms with Gasteiger partial charge in [-0.3, -0.25) is 9.48 Å². The van der Waals surface area contributed by atoms with Crippen molar-refractivity contribution in [1.29, 1.82) is 0 Å². The third kappa shape index (κ3) is 3.50. The van der Waals surface area contributed by atoms with Gasteiger partial charge in [-0.05, 0) is 36.5 Å². The van der Waals surface area contributed by atoms with Crippen LogP contribution in [0.25, 0.3) is 21.5 Å². The van der Waals surface area contributed by atoms with Gasteiger partial charge in [-0.1, -0.05) is 50.4 Å². The van der Waals surface area contributed by atoms with Crippen LogP contribution in [0, 0.1) is 11.8 Å². The molecule has 3 atom stereocenters. The number of thiophene rings is 1. The van der Waals surface area contributed by atoms with Crippen molar-refractivity contribution in [3.63, 3.8) is 0 Å². The van der Waals surface area contributed by atoms with Gasteiger partial charge in [-0.15, -0.1) is 11.3 Å². The summed E-state index contributed by atoms with van der Waals surface area (Å²) >= 11 is 7.51. The van der Waals surface area contributed by atoms with E-state index in [1.807, 2.05) is 42.1 Å². The topological polar surface area (TPSA) is 46.9 Å². The van der Waals surface area contributed by atoms with Gasteiger partial charge in [0.15, 0.2) is 0 Å². The van der Waals surface area contributed by atoms with Crippen molar-refractivity contribution in [1.82, 2.24) is 15.1 Å². The Labute approximate surface area is 168 Å². The molecule has 1 aliphatic rings. The van der Waals surface area contributed by atoms with Gasteiger partial charge in [-0.25, -0.2) is 0 Å². The number of carbonyl (C=O) groups is 1. The van der Waals surface area contributed by atoms with Crippen molar-refractivity contribution in [3.8, 4) is 11.3 Å². The number of halogens is 1. The van der Waals surface area contributed by atoms with E-state index >= 15 is 0 Å². The predicted octanol–water partition coefficient (Wildman–Crippen LogP) is 5.51. The van der Waals surface area contributed by atoms with Gasteiger partial charge in [0, 0.05) is 29.1 Å². The highest BCUT2D eigenvalue weighted by Gasteiger charge is 2.29. The van der Waals surface area contributed by atoms with E-state index in [2.05, 4.69) is 24.3 Å². The molecule has 4 nitrogen and oxygen atoms in total. The Balaban J connectivity index is 1.62. The summed E-state index contributed by atoms with van der Waals surface area (Å²) < 4.78 is 1.85. The number of nitrogens with one attached hydrogen (secondary N) is 1. The fourth-order valence-electron chi connectivity index (χ4n) is 4.00. The SMILES string of the molecule is C[C@H]1[C@H](C)CCC[C@@H]1NC(=O)c1cc2c(-c3ccc(Cl)cc3)nn(C)c2s1. The predicted molar refractivity (Wildman–Crippen MR) is 112 cm³/mol. The van der Waals surface area contributed by atoms with Crippen molar-refractivity contribution in [2.75, 3.05) is 0 Å². The van der Waals surface area contributed by atoms with Crippen LogP contribution in [0.4, 0.5) is 0 Å². The second-order valence-electron chi connectivity index (χ2n) is 7.66. The average Bonchev–Trinajstić information content (AvgIpc) is 3.21. The quantitative estimate of drug-likeness (QED) is 0.628. The lowest BCUT2D eigenvalue weighted by molar-refractivity contribution is 0.0895. The highest BCUT2D eigenvalue weighted by atomic mass is 35.5. The van der Waals surface area contributed by atoms with Gasteiger partial charge >= 0.3 is 0 Å². The van der Waals surface area contributed by atoms with Crippen molar-refractivity contribution in [2.45, 2.75) is 39.2 Å². The number of aromatic nitrogens is 2. The highest BCUT2D eigenvalue weighted by molar-refractivity contribution is 7.20. The molecule has 27 heavy (non-hydrogen) atoms.